The van der Waals surface area contributed by atoms with Gasteiger partial charge >= 0.3 is 0 Å². The third-order valence-electron chi connectivity index (χ3n) is 5.51. The molecule has 0 aliphatic carbocycles. The molecule has 2 amide bonds. The number of fused-ring (bicyclic) bond motifs is 4. The van der Waals surface area contributed by atoms with E-state index >= 15 is 0 Å². The molecule has 0 saturated carbocycles. The number of carbonyl (C=O) groups excluding carboxylic acids is 2. The summed E-state index contributed by atoms with van der Waals surface area (Å²) in [6.45, 7) is 9.05. The van der Waals surface area contributed by atoms with Crippen LogP contribution in [0.5, 0.6) is 0 Å². The Morgan fingerprint density at radius 1 is 1.24 bits per heavy atom. The summed E-state index contributed by atoms with van der Waals surface area (Å²) in [5, 5.41) is 1.16. The minimum atomic E-state index is -0.520. The fourth-order valence-corrected chi connectivity index (χ4v) is 4.54. The molecule has 1 saturated heterocycles. The van der Waals surface area contributed by atoms with Crippen molar-refractivity contribution in [3.8, 4) is 0 Å². The lowest BCUT2D eigenvalue weighted by Gasteiger charge is -2.51. The van der Waals surface area contributed by atoms with Crippen molar-refractivity contribution in [3.05, 3.63) is 35.5 Å². The number of rotatable bonds is 2. The second-order valence-electron chi connectivity index (χ2n) is 8.18. The van der Waals surface area contributed by atoms with Crippen LogP contribution in [0.15, 0.2) is 24.3 Å². The van der Waals surface area contributed by atoms with E-state index in [9.17, 15) is 9.59 Å². The van der Waals surface area contributed by atoms with Gasteiger partial charge in [0.2, 0.25) is 11.8 Å². The number of piperazine rings is 1. The molecule has 1 unspecified atom stereocenters. The van der Waals surface area contributed by atoms with Gasteiger partial charge in [-0.15, -0.1) is 0 Å². The summed E-state index contributed by atoms with van der Waals surface area (Å²) >= 11 is 0. The van der Waals surface area contributed by atoms with E-state index < -0.39 is 11.6 Å². The van der Waals surface area contributed by atoms with E-state index in [1.54, 1.807) is 4.90 Å². The minimum Gasteiger partial charge on any atom is -0.356 e. The second-order valence-corrected chi connectivity index (χ2v) is 8.18. The van der Waals surface area contributed by atoms with Crippen LogP contribution in [0, 0.1) is 5.92 Å². The van der Waals surface area contributed by atoms with Crippen LogP contribution in [0.4, 0.5) is 0 Å². The number of H-pyrrole nitrogens is 1. The summed E-state index contributed by atoms with van der Waals surface area (Å²) in [4.78, 5) is 33.1. The van der Waals surface area contributed by atoms with Crippen molar-refractivity contribution in [1.82, 2.24) is 14.8 Å². The number of nitrogens with one attached hydrogen (secondary N) is 1. The Balaban J connectivity index is 1.83. The molecule has 2 aliphatic rings. The van der Waals surface area contributed by atoms with Gasteiger partial charge in [-0.05, 0) is 31.4 Å². The maximum absolute atomic E-state index is 13.1. The number of para-hydroxylation sites is 1. The average molecular weight is 339 g/mol. The molecule has 2 aliphatic heterocycles. The summed E-state index contributed by atoms with van der Waals surface area (Å²) in [6, 6.07) is 7.77. The molecule has 1 aromatic heterocycles. The highest BCUT2D eigenvalue weighted by atomic mass is 16.2. The number of aromatic nitrogens is 1. The first-order valence-corrected chi connectivity index (χ1v) is 9.01. The zero-order valence-corrected chi connectivity index (χ0v) is 15.3. The number of nitrogens with zero attached hydrogens (tertiary/aromatic N) is 2. The summed E-state index contributed by atoms with van der Waals surface area (Å²) in [7, 11) is 0. The van der Waals surface area contributed by atoms with Crippen LogP contribution in [0.2, 0.25) is 0 Å². The van der Waals surface area contributed by atoms with Gasteiger partial charge in [0.05, 0.1) is 12.1 Å². The lowest BCUT2D eigenvalue weighted by molar-refractivity contribution is -0.164. The van der Waals surface area contributed by atoms with Gasteiger partial charge in [0, 0.05) is 29.6 Å². The van der Waals surface area contributed by atoms with Gasteiger partial charge < -0.3 is 14.8 Å². The van der Waals surface area contributed by atoms with Gasteiger partial charge in [-0.3, -0.25) is 9.59 Å². The quantitative estimate of drug-likeness (QED) is 0.914. The van der Waals surface area contributed by atoms with Crippen molar-refractivity contribution >= 4 is 22.7 Å². The molecule has 2 aromatic rings. The molecule has 5 heteroatoms. The zero-order valence-electron chi connectivity index (χ0n) is 15.3. The molecular formula is C20H25N3O2. The highest BCUT2D eigenvalue weighted by Gasteiger charge is 2.51. The normalized spacial score (nSPS) is 22.5. The Hall–Kier alpha value is -2.30. The first kappa shape index (κ1) is 16.2. The topological polar surface area (TPSA) is 56.4 Å². The van der Waals surface area contributed by atoms with Gasteiger partial charge in [-0.2, -0.15) is 0 Å². The molecule has 132 valence electrons. The smallest absolute Gasteiger partial charge is 0.246 e. The number of hydrogen-bond acceptors (Lipinski definition) is 2. The van der Waals surface area contributed by atoms with E-state index in [4.69, 9.17) is 0 Å². The number of amides is 2. The molecular weight excluding hydrogens is 314 g/mol. The molecule has 4 rings (SSSR count). The van der Waals surface area contributed by atoms with Crippen molar-refractivity contribution in [1.29, 1.82) is 0 Å². The van der Waals surface area contributed by atoms with Crippen LogP contribution in [0.1, 0.15) is 39.0 Å². The largest absolute Gasteiger partial charge is 0.356 e. The molecule has 1 aromatic carbocycles. The predicted octanol–water partition coefficient (Wildman–Crippen LogP) is 2.65. The first-order chi connectivity index (χ1) is 11.8. The van der Waals surface area contributed by atoms with Crippen molar-refractivity contribution in [2.45, 2.75) is 45.7 Å². The standard InChI is InChI=1S/C20H25N3O2/c1-12(2)10-22-11-17(24)23-16(19(22)25)9-14-13-7-5-6-8-15(13)21-18(14)20(23,3)4/h5-8,12,16,21H,9-11H2,1-4H3. The summed E-state index contributed by atoms with van der Waals surface area (Å²) in [5.74, 6) is 0.473. The van der Waals surface area contributed by atoms with Crippen molar-refractivity contribution in [2.75, 3.05) is 13.1 Å². The number of aromatic amines is 1. The molecule has 0 spiro atoms. The Labute approximate surface area is 148 Å². The van der Waals surface area contributed by atoms with Gasteiger partial charge in [0.25, 0.3) is 0 Å². The lowest BCUT2D eigenvalue weighted by Crippen LogP contribution is -2.67. The highest BCUT2D eigenvalue weighted by molar-refractivity contribution is 5.97. The molecule has 1 atom stereocenters. The monoisotopic (exact) mass is 339 g/mol. The van der Waals surface area contributed by atoms with E-state index in [1.807, 2.05) is 30.9 Å². The predicted molar refractivity (Wildman–Crippen MR) is 97.1 cm³/mol. The van der Waals surface area contributed by atoms with Gasteiger partial charge in [0.15, 0.2) is 0 Å². The maximum Gasteiger partial charge on any atom is 0.246 e. The Morgan fingerprint density at radius 2 is 1.96 bits per heavy atom. The van der Waals surface area contributed by atoms with Crippen molar-refractivity contribution in [3.63, 3.8) is 0 Å². The molecule has 0 bridgehead atoms. The van der Waals surface area contributed by atoms with Gasteiger partial charge in [-0.25, -0.2) is 0 Å². The molecule has 5 nitrogen and oxygen atoms in total. The minimum absolute atomic E-state index is 0.0413. The van der Waals surface area contributed by atoms with Crippen molar-refractivity contribution in [2.24, 2.45) is 5.92 Å². The van der Waals surface area contributed by atoms with E-state index in [0.717, 1.165) is 16.6 Å². The van der Waals surface area contributed by atoms with Crippen LogP contribution in [-0.4, -0.2) is 45.7 Å². The third-order valence-corrected chi connectivity index (χ3v) is 5.51. The second kappa shape index (κ2) is 5.35. The van der Waals surface area contributed by atoms with Crippen molar-refractivity contribution < 1.29 is 9.59 Å². The Kier molecular flexibility index (Phi) is 3.46. The van der Waals surface area contributed by atoms with Gasteiger partial charge in [0.1, 0.15) is 6.04 Å². The SMILES string of the molecule is CC(C)CN1CC(=O)N2C(Cc3c([nH]c4ccccc34)C2(C)C)C1=O. The van der Waals surface area contributed by atoms with Crippen LogP contribution < -0.4 is 0 Å². The van der Waals surface area contributed by atoms with E-state index in [1.165, 1.54) is 5.56 Å². The fraction of sp³-hybridized carbons (Fsp3) is 0.500. The van der Waals surface area contributed by atoms with Crippen LogP contribution in [0.3, 0.4) is 0 Å². The van der Waals surface area contributed by atoms with E-state index in [-0.39, 0.29) is 18.4 Å². The Bertz CT molecular complexity index is 865. The maximum atomic E-state index is 13.1. The molecule has 3 heterocycles. The third kappa shape index (κ3) is 2.29. The van der Waals surface area contributed by atoms with Crippen LogP contribution in [-0.2, 0) is 21.5 Å². The average Bonchev–Trinajstić information content (AvgIpc) is 2.91. The summed E-state index contributed by atoms with van der Waals surface area (Å²) in [5.41, 5.74) is 2.78. The molecule has 0 radical (unpaired) electrons. The fourth-order valence-electron chi connectivity index (χ4n) is 4.54. The number of hydrogen-bond donors (Lipinski definition) is 1. The number of carbonyl (C=O) groups is 2. The van der Waals surface area contributed by atoms with E-state index in [0.29, 0.717) is 18.9 Å². The lowest BCUT2D eigenvalue weighted by atomic mass is 9.82. The van der Waals surface area contributed by atoms with Crippen LogP contribution >= 0.6 is 0 Å². The summed E-state index contributed by atoms with van der Waals surface area (Å²) < 4.78 is 0. The zero-order chi connectivity index (χ0) is 17.9. The first-order valence-electron chi connectivity index (χ1n) is 9.01. The van der Waals surface area contributed by atoms with Gasteiger partial charge in [-0.1, -0.05) is 32.0 Å². The number of benzene rings is 1. The van der Waals surface area contributed by atoms with Crippen LogP contribution in [0.25, 0.3) is 10.9 Å². The molecule has 1 N–H and O–H groups in total. The Morgan fingerprint density at radius 3 is 2.68 bits per heavy atom. The summed E-state index contributed by atoms with van der Waals surface area (Å²) in [6.07, 6.45) is 0.585. The molecule has 1 fully saturated rings. The highest BCUT2D eigenvalue weighted by Crippen LogP contribution is 2.42. The molecule has 25 heavy (non-hydrogen) atoms. The van der Waals surface area contributed by atoms with E-state index in [2.05, 4.69) is 31.0 Å².